The number of β-lactam (4-membered cyclic amide) rings is 1. The monoisotopic (exact) mass is 632 g/mol. The molecule has 1 saturated heterocycles. The number of halogens is 6. The average molecular weight is 635 g/mol. The van der Waals surface area contributed by atoms with Crippen LogP contribution in [0.15, 0.2) is 36.4 Å². The highest BCUT2D eigenvalue weighted by atomic mass is 35.5. The van der Waals surface area contributed by atoms with Crippen LogP contribution < -0.4 is 14.4 Å². The summed E-state index contributed by atoms with van der Waals surface area (Å²) in [5.74, 6) is -1.41. The first-order chi connectivity index (χ1) is 18.0. The van der Waals surface area contributed by atoms with Crippen molar-refractivity contribution in [2.45, 2.75) is 12.1 Å². The van der Waals surface area contributed by atoms with Crippen LogP contribution in [-0.2, 0) is 4.79 Å². The minimum absolute atomic E-state index is 0.174. The topological polar surface area (TPSA) is 76.2 Å². The maximum absolute atomic E-state index is 13.7. The molecule has 38 heavy (non-hydrogen) atoms. The van der Waals surface area contributed by atoms with Gasteiger partial charge in [-0.1, -0.05) is 75.7 Å². The quantitative estimate of drug-likeness (QED) is 0.127. The van der Waals surface area contributed by atoms with Crippen LogP contribution in [0, 0.1) is 0 Å². The fraction of sp³-hybridized carbons (Fsp3) is 0.160. The first kappa shape index (κ1) is 27.2. The first-order valence-corrected chi connectivity index (χ1v) is 13.0. The van der Waals surface area contributed by atoms with E-state index < -0.39 is 29.8 Å². The van der Waals surface area contributed by atoms with E-state index in [0.717, 1.165) is 4.90 Å². The van der Waals surface area contributed by atoms with Gasteiger partial charge in [0.1, 0.15) is 6.04 Å². The minimum Gasteiger partial charge on any atom is -0.493 e. The molecule has 196 valence electrons. The Hall–Kier alpha value is -2.39. The molecule has 13 heteroatoms. The van der Waals surface area contributed by atoms with E-state index in [1.807, 2.05) is 0 Å². The summed E-state index contributed by atoms with van der Waals surface area (Å²) in [4.78, 5) is 43.1. The number of fused-ring (bicyclic) bond motifs is 1. The van der Waals surface area contributed by atoms with Crippen LogP contribution in [0.25, 0.3) is 0 Å². The van der Waals surface area contributed by atoms with Gasteiger partial charge in [-0.3, -0.25) is 19.3 Å². The van der Waals surface area contributed by atoms with Gasteiger partial charge in [-0.2, -0.15) is 0 Å². The van der Waals surface area contributed by atoms with Gasteiger partial charge in [-0.05, 0) is 35.9 Å². The second kappa shape index (κ2) is 9.97. The summed E-state index contributed by atoms with van der Waals surface area (Å²) in [5, 5.41) is -0.232. The molecular weight excluding hydrogens is 621 g/mol. The second-order valence-electron chi connectivity index (χ2n) is 8.33. The Labute approximate surface area is 246 Å². The Bertz CT molecular complexity index is 1490. The molecule has 5 rings (SSSR count). The smallest absolute Gasteiger partial charge is 0.264 e. The number of hydrogen-bond donors (Lipinski definition) is 0. The van der Waals surface area contributed by atoms with Crippen molar-refractivity contribution in [1.29, 1.82) is 0 Å². The van der Waals surface area contributed by atoms with Crippen molar-refractivity contribution in [3.05, 3.63) is 83.2 Å². The number of rotatable bonds is 5. The van der Waals surface area contributed by atoms with E-state index in [0.29, 0.717) is 32.8 Å². The Balaban J connectivity index is 1.67. The van der Waals surface area contributed by atoms with Crippen LogP contribution in [0.3, 0.4) is 0 Å². The lowest BCUT2D eigenvalue weighted by molar-refractivity contribution is -0.130. The second-order valence-corrected chi connectivity index (χ2v) is 10.7. The number of carbonyl (C=O) groups is 3. The predicted octanol–water partition coefficient (Wildman–Crippen LogP) is 7.38. The summed E-state index contributed by atoms with van der Waals surface area (Å²) in [6, 6.07) is 7.46. The molecule has 3 aromatic rings. The van der Waals surface area contributed by atoms with Crippen LogP contribution in [0.4, 0.5) is 5.69 Å². The zero-order chi connectivity index (χ0) is 27.6. The third-order valence-corrected chi connectivity index (χ3v) is 8.59. The van der Waals surface area contributed by atoms with Crippen LogP contribution >= 0.6 is 69.6 Å². The summed E-state index contributed by atoms with van der Waals surface area (Å²) in [5.41, 5.74) is 0.453. The van der Waals surface area contributed by atoms with Crippen molar-refractivity contribution < 1.29 is 23.9 Å². The summed E-state index contributed by atoms with van der Waals surface area (Å²) in [7, 11) is 2.94. The molecule has 0 unspecified atom stereocenters. The summed E-state index contributed by atoms with van der Waals surface area (Å²) in [6.45, 7) is 0. The van der Waals surface area contributed by atoms with Crippen molar-refractivity contribution >= 4 is 93.0 Å². The van der Waals surface area contributed by atoms with E-state index in [-0.39, 0.29) is 31.2 Å². The van der Waals surface area contributed by atoms with Crippen LogP contribution in [0.5, 0.6) is 11.5 Å². The third-order valence-electron chi connectivity index (χ3n) is 6.35. The molecule has 2 heterocycles. The van der Waals surface area contributed by atoms with E-state index in [2.05, 4.69) is 0 Å². The number of imide groups is 1. The first-order valence-electron chi connectivity index (χ1n) is 10.8. The lowest BCUT2D eigenvalue weighted by atomic mass is 9.86. The zero-order valence-corrected chi connectivity index (χ0v) is 23.9. The fourth-order valence-electron chi connectivity index (χ4n) is 4.68. The molecule has 7 nitrogen and oxygen atoms in total. The maximum Gasteiger partial charge on any atom is 0.264 e. The predicted molar refractivity (Wildman–Crippen MR) is 147 cm³/mol. The highest BCUT2D eigenvalue weighted by Crippen LogP contribution is 2.50. The summed E-state index contributed by atoms with van der Waals surface area (Å²) < 4.78 is 10.8. The van der Waals surface area contributed by atoms with Gasteiger partial charge in [0.2, 0.25) is 0 Å². The molecule has 1 fully saturated rings. The standard InChI is InChI=1S/C25H14Cl6N2O5/c1-37-13-4-3-9(5-14(13)38-2)21-22(25(36)32(21)12-7-10(26)6-11(27)8-12)33-23(34)15-16(24(33)35)18(29)20(31)19(30)17(15)28/h3-8,21-22H,1-2H3/t21-,22-/m0/s1. The van der Waals surface area contributed by atoms with Gasteiger partial charge in [-0.25, -0.2) is 0 Å². The van der Waals surface area contributed by atoms with Crippen molar-refractivity contribution in [3.8, 4) is 11.5 Å². The maximum atomic E-state index is 13.7. The normalized spacial score (nSPS) is 18.6. The lowest BCUT2D eigenvalue weighted by Gasteiger charge is -2.49. The van der Waals surface area contributed by atoms with Gasteiger partial charge in [0.05, 0.1) is 51.5 Å². The van der Waals surface area contributed by atoms with E-state index in [4.69, 9.17) is 79.1 Å². The molecule has 3 aromatic carbocycles. The van der Waals surface area contributed by atoms with E-state index >= 15 is 0 Å². The molecular formula is C25H14Cl6N2O5. The Morgan fingerprint density at radius 3 is 1.66 bits per heavy atom. The average Bonchev–Trinajstić information content (AvgIpc) is 3.13. The number of nitrogens with zero attached hydrogens (tertiary/aromatic N) is 2. The number of benzene rings is 3. The van der Waals surface area contributed by atoms with Gasteiger partial charge < -0.3 is 14.4 Å². The van der Waals surface area contributed by atoms with Crippen LogP contribution in [0.1, 0.15) is 32.3 Å². The fourth-order valence-corrected chi connectivity index (χ4v) is 6.21. The molecule has 0 spiro atoms. The van der Waals surface area contributed by atoms with E-state index in [1.54, 1.807) is 30.3 Å². The van der Waals surface area contributed by atoms with Gasteiger partial charge >= 0.3 is 0 Å². The molecule has 0 aromatic heterocycles. The highest BCUT2D eigenvalue weighted by Gasteiger charge is 2.58. The van der Waals surface area contributed by atoms with Gasteiger partial charge in [0, 0.05) is 15.7 Å². The largest absolute Gasteiger partial charge is 0.493 e. The molecule has 0 radical (unpaired) electrons. The molecule has 0 bridgehead atoms. The number of methoxy groups -OCH3 is 2. The lowest BCUT2D eigenvalue weighted by Crippen LogP contribution is -2.67. The number of anilines is 1. The number of ether oxygens (including phenoxy) is 2. The zero-order valence-electron chi connectivity index (χ0n) is 19.3. The van der Waals surface area contributed by atoms with Gasteiger partial charge in [0.15, 0.2) is 11.5 Å². The number of amides is 3. The molecule has 2 aliphatic rings. The van der Waals surface area contributed by atoms with E-state index in [9.17, 15) is 14.4 Å². The highest BCUT2D eigenvalue weighted by molar-refractivity contribution is 6.55. The number of carbonyl (C=O) groups excluding carboxylic acids is 3. The van der Waals surface area contributed by atoms with Crippen molar-refractivity contribution in [3.63, 3.8) is 0 Å². The SMILES string of the molecule is COc1ccc([C@H]2[C@H](N3C(=O)c4c(Cl)c(Cl)c(Cl)c(Cl)c4C3=O)C(=O)N2c2cc(Cl)cc(Cl)c2)cc1OC. The molecule has 3 amide bonds. The van der Waals surface area contributed by atoms with Gasteiger partial charge in [0.25, 0.3) is 17.7 Å². The molecule has 0 N–H and O–H groups in total. The third kappa shape index (κ3) is 3.99. The molecule has 0 saturated carbocycles. The van der Waals surface area contributed by atoms with Gasteiger partial charge in [-0.15, -0.1) is 0 Å². The number of hydrogen-bond acceptors (Lipinski definition) is 5. The van der Waals surface area contributed by atoms with Crippen molar-refractivity contribution in [1.82, 2.24) is 4.90 Å². The molecule has 0 aliphatic carbocycles. The summed E-state index contributed by atoms with van der Waals surface area (Å²) in [6.07, 6.45) is 0. The van der Waals surface area contributed by atoms with E-state index in [1.165, 1.54) is 25.2 Å². The van der Waals surface area contributed by atoms with Crippen LogP contribution in [-0.4, -0.2) is 42.9 Å². The Morgan fingerprint density at radius 1 is 0.632 bits per heavy atom. The molecule has 2 aliphatic heterocycles. The van der Waals surface area contributed by atoms with Crippen molar-refractivity contribution in [2.24, 2.45) is 0 Å². The Kier molecular flexibility index (Phi) is 7.14. The molecule has 2 atom stereocenters. The van der Waals surface area contributed by atoms with Crippen LogP contribution in [0.2, 0.25) is 30.1 Å². The summed E-state index contributed by atoms with van der Waals surface area (Å²) >= 11 is 37.3. The Morgan fingerprint density at radius 2 is 1.16 bits per heavy atom. The van der Waals surface area contributed by atoms with Crippen molar-refractivity contribution in [2.75, 3.05) is 19.1 Å². The minimum atomic E-state index is -1.28.